The quantitative estimate of drug-likeness (QED) is 0.509. The second-order valence-electron chi connectivity index (χ2n) is 2.91. The van der Waals surface area contributed by atoms with Crippen LogP contribution in [0.25, 0.3) is 0 Å². The zero-order chi connectivity index (χ0) is 10.1. The van der Waals surface area contributed by atoms with Crippen LogP contribution in [0.1, 0.15) is 10.4 Å². The molecule has 0 bridgehead atoms. The van der Waals surface area contributed by atoms with Gasteiger partial charge in [-0.05, 0) is 12.1 Å². The fourth-order valence-electron chi connectivity index (χ4n) is 1.42. The van der Waals surface area contributed by atoms with Gasteiger partial charge in [-0.1, -0.05) is 6.08 Å². The van der Waals surface area contributed by atoms with Crippen LogP contribution in [0, 0.1) is 0 Å². The molecule has 2 rings (SSSR count). The summed E-state index contributed by atoms with van der Waals surface area (Å²) >= 11 is 0. The van der Waals surface area contributed by atoms with Crippen molar-refractivity contribution in [1.29, 1.82) is 0 Å². The van der Waals surface area contributed by atoms with Crippen LogP contribution in [0.3, 0.4) is 0 Å². The molecule has 1 aliphatic heterocycles. The lowest BCUT2D eigenvalue weighted by atomic mass is 10.2. The molecule has 14 heavy (non-hydrogen) atoms. The van der Waals surface area contributed by atoms with Crippen LogP contribution in [0.4, 0.5) is 5.82 Å². The van der Waals surface area contributed by atoms with Gasteiger partial charge in [0.15, 0.2) is 0 Å². The van der Waals surface area contributed by atoms with E-state index in [1.54, 1.807) is 24.4 Å². The van der Waals surface area contributed by atoms with Crippen molar-refractivity contribution in [3.63, 3.8) is 0 Å². The standard InChI is InChI=1S/C10H8N2O2/c1-2-6-12-9-7(4-3-5-11-9)8(13)10(12)14/h2-5H,1,6H2. The van der Waals surface area contributed by atoms with Crippen molar-refractivity contribution in [1.82, 2.24) is 4.98 Å². The van der Waals surface area contributed by atoms with E-state index in [0.29, 0.717) is 17.9 Å². The number of anilines is 1. The first-order chi connectivity index (χ1) is 6.75. The van der Waals surface area contributed by atoms with Gasteiger partial charge in [0.25, 0.3) is 5.78 Å². The summed E-state index contributed by atoms with van der Waals surface area (Å²) in [5.74, 6) is -0.587. The van der Waals surface area contributed by atoms with Crippen LogP contribution >= 0.6 is 0 Å². The van der Waals surface area contributed by atoms with Gasteiger partial charge in [0.1, 0.15) is 5.82 Å². The van der Waals surface area contributed by atoms with Gasteiger partial charge in [0.05, 0.1) is 5.56 Å². The second kappa shape index (κ2) is 3.06. The second-order valence-corrected chi connectivity index (χ2v) is 2.91. The van der Waals surface area contributed by atoms with E-state index in [-0.39, 0.29) is 0 Å². The number of aromatic nitrogens is 1. The number of carbonyl (C=O) groups excluding carboxylic acids is 2. The van der Waals surface area contributed by atoms with E-state index in [1.807, 2.05) is 0 Å². The smallest absolute Gasteiger partial charge is 0.285 e. The number of fused-ring (bicyclic) bond motifs is 1. The van der Waals surface area contributed by atoms with Crippen molar-refractivity contribution in [2.45, 2.75) is 0 Å². The summed E-state index contributed by atoms with van der Waals surface area (Å²) in [4.78, 5) is 28.2. The molecule has 70 valence electrons. The molecule has 1 aliphatic rings. The van der Waals surface area contributed by atoms with Crippen LogP contribution in [0.5, 0.6) is 0 Å². The minimum Gasteiger partial charge on any atom is -0.285 e. The van der Waals surface area contributed by atoms with Crippen LogP contribution in [-0.2, 0) is 4.79 Å². The van der Waals surface area contributed by atoms with Gasteiger partial charge in [-0.15, -0.1) is 6.58 Å². The van der Waals surface area contributed by atoms with E-state index in [4.69, 9.17) is 0 Å². The molecule has 0 spiro atoms. The Hall–Kier alpha value is -1.97. The third-order valence-electron chi connectivity index (χ3n) is 2.04. The molecule has 0 aromatic carbocycles. The molecule has 0 N–H and O–H groups in total. The number of Topliss-reactive ketones (excluding diaryl/α,β-unsaturated/α-hetero) is 1. The molecule has 0 saturated heterocycles. The third-order valence-corrected chi connectivity index (χ3v) is 2.04. The van der Waals surface area contributed by atoms with Crippen molar-refractivity contribution >= 4 is 17.5 Å². The maximum atomic E-state index is 11.4. The van der Waals surface area contributed by atoms with Crippen LogP contribution < -0.4 is 4.90 Å². The molecular weight excluding hydrogens is 180 g/mol. The Labute approximate surface area is 80.9 Å². The van der Waals surface area contributed by atoms with Gasteiger partial charge in [0.2, 0.25) is 0 Å². The first-order valence-corrected chi connectivity index (χ1v) is 4.18. The summed E-state index contributed by atoms with van der Waals surface area (Å²) in [6.45, 7) is 3.84. The molecule has 0 saturated carbocycles. The number of nitrogens with zero attached hydrogens (tertiary/aromatic N) is 2. The summed E-state index contributed by atoms with van der Waals surface area (Å²) in [7, 11) is 0. The number of hydrogen-bond acceptors (Lipinski definition) is 3. The Morgan fingerprint density at radius 3 is 3.00 bits per heavy atom. The van der Waals surface area contributed by atoms with Gasteiger partial charge in [-0.2, -0.15) is 0 Å². The fourth-order valence-corrected chi connectivity index (χ4v) is 1.42. The topological polar surface area (TPSA) is 50.3 Å². The maximum Gasteiger partial charge on any atom is 0.300 e. The number of rotatable bonds is 2. The highest BCUT2D eigenvalue weighted by atomic mass is 16.2. The Balaban J connectivity index is 2.52. The minimum absolute atomic E-state index is 0.314. The molecule has 1 aromatic rings. The van der Waals surface area contributed by atoms with Crippen molar-refractivity contribution in [2.24, 2.45) is 0 Å². The average Bonchev–Trinajstić information content (AvgIpc) is 2.45. The molecule has 2 heterocycles. The molecule has 0 radical (unpaired) electrons. The highest BCUT2D eigenvalue weighted by molar-refractivity contribution is 6.52. The predicted molar refractivity (Wildman–Crippen MR) is 51.1 cm³/mol. The van der Waals surface area contributed by atoms with Crippen LogP contribution in [-0.4, -0.2) is 23.2 Å². The van der Waals surface area contributed by atoms with Crippen molar-refractivity contribution in [2.75, 3.05) is 11.4 Å². The highest BCUT2D eigenvalue weighted by Crippen LogP contribution is 2.25. The summed E-state index contributed by atoms with van der Waals surface area (Å²) in [6, 6.07) is 3.24. The molecule has 0 fully saturated rings. The zero-order valence-corrected chi connectivity index (χ0v) is 7.43. The number of ketones is 1. The van der Waals surface area contributed by atoms with E-state index in [0.717, 1.165) is 0 Å². The van der Waals surface area contributed by atoms with E-state index >= 15 is 0 Å². The Morgan fingerprint density at radius 1 is 1.50 bits per heavy atom. The SMILES string of the molecule is C=CCN1C(=O)C(=O)c2cccnc21. The molecule has 1 amide bonds. The minimum atomic E-state index is -0.529. The summed E-state index contributed by atoms with van der Waals surface area (Å²) in [6.07, 6.45) is 3.12. The zero-order valence-electron chi connectivity index (χ0n) is 7.43. The number of pyridine rings is 1. The number of hydrogen-bond donors (Lipinski definition) is 0. The van der Waals surface area contributed by atoms with Gasteiger partial charge < -0.3 is 0 Å². The summed E-state index contributed by atoms with van der Waals surface area (Å²) in [5, 5.41) is 0. The molecule has 1 aromatic heterocycles. The van der Waals surface area contributed by atoms with E-state index < -0.39 is 11.7 Å². The first-order valence-electron chi connectivity index (χ1n) is 4.18. The van der Waals surface area contributed by atoms with Crippen LogP contribution in [0.15, 0.2) is 31.0 Å². The number of amides is 1. The van der Waals surface area contributed by atoms with Gasteiger partial charge in [0, 0.05) is 12.7 Å². The fraction of sp³-hybridized carbons (Fsp3) is 0.100. The normalized spacial score (nSPS) is 14.4. The summed E-state index contributed by atoms with van der Waals surface area (Å²) in [5.41, 5.74) is 0.374. The Bertz CT molecular complexity index is 426. The first kappa shape index (κ1) is 8.62. The molecule has 0 aliphatic carbocycles. The van der Waals surface area contributed by atoms with E-state index in [9.17, 15) is 9.59 Å². The van der Waals surface area contributed by atoms with Crippen molar-refractivity contribution < 1.29 is 9.59 Å². The van der Waals surface area contributed by atoms with Crippen molar-refractivity contribution in [3.8, 4) is 0 Å². The molecule has 0 atom stereocenters. The van der Waals surface area contributed by atoms with Crippen LogP contribution in [0.2, 0.25) is 0 Å². The molecule has 0 unspecified atom stereocenters. The van der Waals surface area contributed by atoms with Gasteiger partial charge >= 0.3 is 5.91 Å². The Kier molecular flexibility index (Phi) is 1.89. The maximum absolute atomic E-state index is 11.4. The lowest BCUT2D eigenvalue weighted by Gasteiger charge is -2.11. The predicted octanol–water partition coefficient (Wildman–Crippen LogP) is 0.797. The average molecular weight is 188 g/mol. The van der Waals surface area contributed by atoms with E-state index in [1.165, 1.54) is 4.90 Å². The van der Waals surface area contributed by atoms with Crippen molar-refractivity contribution in [3.05, 3.63) is 36.5 Å². The molecule has 4 heteroatoms. The highest BCUT2D eigenvalue weighted by Gasteiger charge is 2.35. The van der Waals surface area contributed by atoms with Gasteiger partial charge in [-0.3, -0.25) is 14.5 Å². The Morgan fingerprint density at radius 2 is 2.29 bits per heavy atom. The number of carbonyl (C=O) groups is 2. The molecule has 4 nitrogen and oxygen atoms in total. The summed E-state index contributed by atoms with van der Waals surface area (Å²) < 4.78 is 0. The van der Waals surface area contributed by atoms with E-state index in [2.05, 4.69) is 11.6 Å². The lowest BCUT2D eigenvalue weighted by Crippen LogP contribution is -2.30. The largest absolute Gasteiger partial charge is 0.300 e. The monoisotopic (exact) mass is 188 g/mol. The lowest BCUT2D eigenvalue weighted by molar-refractivity contribution is -0.114. The molecular formula is C10H8N2O2. The van der Waals surface area contributed by atoms with Gasteiger partial charge in [-0.25, -0.2) is 4.98 Å². The third kappa shape index (κ3) is 1.04.